The molecule has 0 aliphatic carbocycles. The summed E-state index contributed by atoms with van der Waals surface area (Å²) in [6, 6.07) is 4.19. The van der Waals surface area contributed by atoms with E-state index in [1.54, 1.807) is 0 Å². The molecule has 0 heterocycles. The van der Waals surface area contributed by atoms with Crippen LogP contribution in [0.2, 0.25) is 0 Å². The monoisotopic (exact) mass is 230 g/mol. The van der Waals surface area contributed by atoms with Crippen LogP contribution >= 0.6 is 0 Å². The molecule has 0 unspecified atom stereocenters. The van der Waals surface area contributed by atoms with Crippen molar-refractivity contribution in [3.63, 3.8) is 0 Å². The number of ether oxygens (including phenoxy) is 1. The number of benzene rings is 1. The van der Waals surface area contributed by atoms with Gasteiger partial charge in [0.1, 0.15) is 5.75 Å². The van der Waals surface area contributed by atoms with E-state index in [4.69, 9.17) is 5.73 Å². The van der Waals surface area contributed by atoms with E-state index in [0.29, 0.717) is 11.3 Å². The molecule has 1 rings (SSSR count). The molecular weight excluding hydrogens is 218 g/mol. The lowest BCUT2D eigenvalue weighted by atomic mass is 10.1. The van der Waals surface area contributed by atoms with Crippen LogP contribution in [0.1, 0.15) is 12.5 Å². The second kappa shape index (κ2) is 5.41. The highest BCUT2D eigenvalue weighted by Gasteiger charge is 2.08. The smallest absolute Gasteiger partial charge is 0.387 e. The van der Waals surface area contributed by atoms with E-state index in [2.05, 4.69) is 10.1 Å². The van der Waals surface area contributed by atoms with E-state index < -0.39 is 6.61 Å². The number of hydrogen-bond donors (Lipinski definition) is 2. The molecule has 88 valence electrons. The first kappa shape index (κ1) is 12.4. The molecule has 0 bridgehead atoms. The summed E-state index contributed by atoms with van der Waals surface area (Å²) in [5.74, 6) is -0.234. The number of nitrogens with two attached hydrogens (primary N) is 1. The Hall–Kier alpha value is -1.69. The van der Waals surface area contributed by atoms with Crippen LogP contribution in [0.15, 0.2) is 18.2 Å². The van der Waals surface area contributed by atoms with Gasteiger partial charge in [0.2, 0.25) is 5.91 Å². The third-order valence-corrected chi connectivity index (χ3v) is 1.83. The Morgan fingerprint density at radius 2 is 2.25 bits per heavy atom. The van der Waals surface area contributed by atoms with E-state index in [-0.39, 0.29) is 18.2 Å². The molecule has 1 aromatic carbocycles. The van der Waals surface area contributed by atoms with Crippen molar-refractivity contribution in [1.29, 1.82) is 0 Å². The maximum atomic E-state index is 11.9. The Kier molecular flexibility index (Phi) is 4.19. The highest BCUT2D eigenvalue weighted by Crippen LogP contribution is 2.23. The van der Waals surface area contributed by atoms with E-state index in [9.17, 15) is 13.6 Å². The predicted molar refractivity (Wildman–Crippen MR) is 55.3 cm³/mol. The second-order valence-electron chi connectivity index (χ2n) is 3.08. The van der Waals surface area contributed by atoms with Gasteiger partial charge in [-0.3, -0.25) is 4.79 Å². The van der Waals surface area contributed by atoms with E-state index in [1.165, 1.54) is 25.1 Å². The summed E-state index contributed by atoms with van der Waals surface area (Å²) in [7, 11) is 0. The van der Waals surface area contributed by atoms with Gasteiger partial charge in [0.15, 0.2) is 0 Å². The first-order valence-electron chi connectivity index (χ1n) is 4.58. The van der Waals surface area contributed by atoms with Gasteiger partial charge in [0.25, 0.3) is 0 Å². The minimum Gasteiger partial charge on any atom is -0.435 e. The van der Waals surface area contributed by atoms with E-state index >= 15 is 0 Å². The lowest BCUT2D eigenvalue weighted by Gasteiger charge is -2.11. The fourth-order valence-electron chi connectivity index (χ4n) is 1.23. The number of carbonyl (C=O) groups excluding carboxylic acids is 1. The molecule has 1 amide bonds. The van der Waals surface area contributed by atoms with Gasteiger partial charge in [0.05, 0.1) is 0 Å². The molecule has 4 nitrogen and oxygen atoms in total. The summed E-state index contributed by atoms with van der Waals surface area (Å²) < 4.78 is 28.1. The highest BCUT2D eigenvalue weighted by atomic mass is 19.3. The normalized spacial score (nSPS) is 10.3. The molecule has 16 heavy (non-hydrogen) atoms. The molecule has 0 atom stereocenters. The molecule has 3 N–H and O–H groups in total. The summed E-state index contributed by atoms with van der Waals surface area (Å²) in [5, 5.41) is 2.54. The van der Waals surface area contributed by atoms with Crippen molar-refractivity contribution >= 4 is 11.6 Å². The minimum absolute atomic E-state index is 0.0181. The number of amides is 1. The minimum atomic E-state index is -2.88. The Bertz CT molecular complexity index is 383. The van der Waals surface area contributed by atoms with E-state index in [0.717, 1.165) is 0 Å². The molecule has 0 aliphatic heterocycles. The summed E-state index contributed by atoms with van der Waals surface area (Å²) in [5.41, 5.74) is 6.46. The van der Waals surface area contributed by atoms with Gasteiger partial charge < -0.3 is 15.8 Å². The van der Waals surface area contributed by atoms with Crippen molar-refractivity contribution < 1.29 is 18.3 Å². The van der Waals surface area contributed by atoms with Crippen LogP contribution in [-0.4, -0.2) is 12.5 Å². The molecule has 0 spiro atoms. The summed E-state index contributed by atoms with van der Waals surface area (Å²) in [4.78, 5) is 10.8. The van der Waals surface area contributed by atoms with Crippen molar-refractivity contribution in [2.24, 2.45) is 5.73 Å². The zero-order valence-corrected chi connectivity index (χ0v) is 8.67. The van der Waals surface area contributed by atoms with Gasteiger partial charge in [0, 0.05) is 19.2 Å². The SMILES string of the molecule is CC(=O)Nc1ccc(OC(F)F)cc1CN. The van der Waals surface area contributed by atoms with Gasteiger partial charge in [-0.25, -0.2) is 0 Å². The van der Waals surface area contributed by atoms with Crippen molar-refractivity contribution in [1.82, 2.24) is 0 Å². The average Bonchev–Trinajstić information content (AvgIpc) is 2.18. The molecule has 0 fully saturated rings. The largest absolute Gasteiger partial charge is 0.435 e. The Labute approximate surface area is 91.4 Å². The van der Waals surface area contributed by atoms with Gasteiger partial charge in [-0.15, -0.1) is 0 Å². The van der Waals surface area contributed by atoms with Crippen LogP contribution in [0.4, 0.5) is 14.5 Å². The van der Waals surface area contributed by atoms with Crippen LogP contribution in [0.3, 0.4) is 0 Å². The Morgan fingerprint density at radius 1 is 1.56 bits per heavy atom. The topological polar surface area (TPSA) is 64.3 Å². The number of carbonyl (C=O) groups is 1. The van der Waals surface area contributed by atoms with Gasteiger partial charge >= 0.3 is 6.61 Å². The first-order valence-corrected chi connectivity index (χ1v) is 4.58. The van der Waals surface area contributed by atoms with Crippen molar-refractivity contribution in [3.8, 4) is 5.75 Å². The van der Waals surface area contributed by atoms with Gasteiger partial charge in [-0.2, -0.15) is 8.78 Å². The summed E-state index contributed by atoms with van der Waals surface area (Å²) in [6.45, 7) is -1.41. The standard InChI is InChI=1S/C10H12F2N2O2/c1-6(15)14-9-3-2-8(16-10(11)12)4-7(9)5-13/h2-4,10H,5,13H2,1H3,(H,14,15). The van der Waals surface area contributed by atoms with Crippen LogP contribution < -0.4 is 15.8 Å². The average molecular weight is 230 g/mol. The van der Waals surface area contributed by atoms with Crippen molar-refractivity contribution in [3.05, 3.63) is 23.8 Å². The number of anilines is 1. The third kappa shape index (κ3) is 3.47. The lowest BCUT2D eigenvalue weighted by Crippen LogP contribution is -2.11. The molecule has 0 aromatic heterocycles. The maximum absolute atomic E-state index is 11.9. The molecular formula is C10H12F2N2O2. The first-order chi connectivity index (χ1) is 7.52. The second-order valence-corrected chi connectivity index (χ2v) is 3.08. The molecule has 6 heteroatoms. The molecule has 1 aromatic rings. The molecule has 0 aliphatic rings. The zero-order valence-electron chi connectivity index (χ0n) is 8.67. The Balaban J connectivity index is 2.92. The fraction of sp³-hybridized carbons (Fsp3) is 0.300. The maximum Gasteiger partial charge on any atom is 0.387 e. The van der Waals surface area contributed by atoms with Crippen LogP contribution in [0.5, 0.6) is 5.75 Å². The van der Waals surface area contributed by atoms with Crippen LogP contribution in [0.25, 0.3) is 0 Å². The lowest BCUT2D eigenvalue weighted by molar-refractivity contribution is -0.114. The summed E-state index contributed by atoms with van der Waals surface area (Å²) >= 11 is 0. The number of hydrogen-bond acceptors (Lipinski definition) is 3. The predicted octanol–water partition coefficient (Wildman–Crippen LogP) is 1.71. The highest BCUT2D eigenvalue weighted by molar-refractivity contribution is 5.89. The quantitative estimate of drug-likeness (QED) is 0.827. The van der Waals surface area contributed by atoms with Crippen LogP contribution in [-0.2, 0) is 11.3 Å². The van der Waals surface area contributed by atoms with Gasteiger partial charge in [-0.05, 0) is 23.8 Å². The number of rotatable bonds is 4. The molecule has 0 radical (unpaired) electrons. The fourth-order valence-corrected chi connectivity index (χ4v) is 1.23. The molecule has 0 saturated heterocycles. The van der Waals surface area contributed by atoms with Crippen LogP contribution in [0, 0.1) is 0 Å². The third-order valence-electron chi connectivity index (χ3n) is 1.83. The summed E-state index contributed by atoms with van der Waals surface area (Å²) in [6.07, 6.45) is 0. The number of alkyl halides is 2. The van der Waals surface area contributed by atoms with Crippen molar-refractivity contribution in [2.45, 2.75) is 20.1 Å². The van der Waals surface area contributed by atoms with Crippen molar-refractivity contribution in [2.75, 3.05) is 5.32 Å². The number of halogens is 2. The zero-order chi connectivity index (χ0) is 12.1. The Morgan fingerprint density at radius 3 is 2.75 bits per heavy atom. The van der Waals surface area contributed by atoms with E-state index in [1.807, 2.05) is 0 Å². The molecule has 0 saturated carbocycles. The van der Waals surface area contributed by atoms with Gasteiger partial charge in [-0.1, -0.05) is 0 Å². The number of nitrogens with one attached hydrogen (secondary N) is 1.